The molecule has 5 rings (SSSR count). The highest BCUT2D eigenvalue weighted by Crippen LogP contribution is 2.81. The van der Waals surface area contributed by atoms with E-state index in [2.05, 4.69) is 0 Å². The molecule has 0 aromatic carbocycles. The predicted molar refractivity (Wildman–Crippen MR) is 47.9 cm³/mol. The monoisotopic (exact) mass is 206 g/mol. The van der Waals surface area contributed by atoms with Gasteiger partial charge in [-0.15, -0.1) is 0 Å². The van der Waals surface area contributed by atoms with Crippen LogP contribution in [0.25, 0.3) is 0 Å². The van der Waals surface area contributed by atoms with Gasteiger partial charge < -0.3 is 10.2 Å². The van der Waals surface area contributed by atoms with E-state index in [9.17, 15) is 9.59 Å². The van der Waals surface area contributed by atoms with Crippen LogP contribution in [0.3, 0.4) is 0 Å². The van der Waals surface area contributed by atoms with Crippen molar-refractivity contribution in [3.8, 4) is 0 Å². The molecule has 0 spiro atoms. The summed E-state index contributed by atoms with van der Waals surface area (Å²) >= 11 is 0. The number of carboxylic acid groups (broad SMARTS) is 2. The van der Waals surface area contributed by atoms with Gasteiger partial charge in [-0.2, -0.15) is 0 Å². The lowest BCUT2D eigenvalue weighted by molar-refractivity contribution is -0.136. The van der Waals surface area contributed by atoms with E-state index in [4.69, 9.17) is 10.2 Å². The zero-order valence-corrected chi connectivity index (χ0v) is 7.88. The number of hydrogen-bond donors (Lipinski definition) is 2. The Morgan fingerprint density at radius 2 is 1.40 bits per heavy atom. The van der Waals surface area contributed by atoms with Gasteiger partial charge in [0.2, 0.25) is 0 Å². The first-order valence-electron chi connectivity index (χ1n) is 5.33. The Morgan fingerprint density at radius 1 is 0.933 bits per heavy atom. The standard InChI is InChI=1S/C11H10O4/c12-10(13)8-6-3-1-2-4(6)5(2)7(3)9(8)11(14)15/h2-7H,1H2,(H,12,13)(H,14,15)/t2?,3?,4-,5-,6+,7+/m1/s1. The molecule has 0 aliphatic heterocycles. The van der Waals surface area contributed by atoms with Crippen molar-refractivity contribution in [1.82, 2.24) is 0 Å². The Balaban J connectivity index is 1.92. The number of carboxylic acids is 2. The van der Waals surface area contributed by atoms with E-state index in [1.807, 2.05) is 0 Å². The lowest BCUT2D eigenvalue weighted by Gasteiger charge is -2.12. The molecule has 0 amide bonds. The minimum absolute atomic E-state index is 0.0774. The minimum atomic E-state index is -1.00. The van der Waals surface area contributed by atoms with Crippen molar-refractivity contribution in [2.75, 3.05) is 0 Å². The van der Waals surface area contributed by atoms with Gasteiger partial charge in [-0.1, -0.05) is 0 Å². The van der Waals surface area contributed by atoms with Crippen LogP contribution in [-0.2, 0) is 9.59 Å². The number of aliphatic carboxylic acids is 2. The predicted octanol–water partition coefficient (Wildman–Crippen LogP) is 0.594. The lowest BCUT2D eigenvalue weighted by atomic mass is 9.92. The maximum absolute atomic E-state index is 11.1. The maximum atomic E-state index is 11.1. The van der Waals surface area contributed by atoms with E-state index in [1.165, 1.54) is 0 Å². The summed E-state index contributed by atoms with van der Waals surface area (Å²) in [6.07, 6.45) is 1.07. The van der Waals surface area contributed by atoms with Crippen LogP contribution in [0.1, 0.15) is 6.42 Å². The number of carbonyl (C=O) groups is 2. The van der Waals surface area contributed by atoms with E-state index in [1.54, 1.807) is 0 Å². The summed E-state index contributed by atoms with van der Waals surface area (Å²) in [5.74, 6) is 0.191. The van der Waals surface area contributed by atoms with Crippen molar-refractivity contribution in [3.63, 3.8) is 0 Å². The van der Waals surface area contributed by atoms with Gasteiger partial charge in [-0.25, -0.2) is 9.59 Å². The van der Waals surface area contributed by atoms with Crippen LogP contribution in [-0.4, -0.2) is 22.2 Å². The molecule has 0 aromatic heterocycles. The number of rotatable bonds is 2. The van der Waals surface area contributed by atoms with E-state index in [-0.39, 0.29) is 23.0 Å². The molecule has 4 atom stereocenters. The molecular weight excluding hydrogens is 196 g/mol. The summed E-state index contributed by atoms with van der Waals surface area (Å²) in [7, 11) is 0. The van der Waals surface area contributed by atoms with Crippen LogP contribution >= 0.6 is 0 Å². The van der Waals surface area contributed by atoms with Crippen LogP contribution in [0.2, 0.25) is 0 Å². The first-order valence-corrected chi connectivity index (χ1v) is 5.33. The molecule has 0 unspecified atom stereocenters. The lowest BCUT2D eigenvalue weighted by Crippen LogP contribution is -2.18. The Bertz CT molecular complexity index is 412. The summed E-state index contributed by atoms with van der Waals surface area (Å²) in [5.41, 5.74) is 0.470. The second-order valence-electron chi connectivity index (χ2n) is 5.21. The van der Waals surface area contributed by atoms with Crippen LogP contribution in [0.5, 0.6) is 0 Å². The molecule has 0 radical (unpaired) electrons. The van der Waals surface area contributed by atoms with Crippen molar-refractivity contribution in [2.45, 2.75) is 6.42 Å². The van der Waals surface area contributed by atoms with Gasteiger partial charge in [-0.05, 0) is 41.9 Å². The Labute approximate surface area is 85.6 Å². The minimum Gasteiger partial charge on any atom is -0.478 e. The molecule has 4 fully saturated rings. The summed E-state index contributed by atoms with van der Waals surface area (Å²) in [5, 5.41) is 18.2. The van der Waals surface area contributed by atoms with E-state index < -0.39 is 11.9 Å². The topological polar surface area (TPSA) is 74.6 Å². The fraction of sp³-hybridized carbons (Fsp3) is 0.636. The zero-order chi connectivity index (χ0) is 10.5. The van der Waals surface area contributed by atoms with Gasteiger partial charge >= 0.3 is 11.9 Å². The molecule has 6 bridgehead atoms. The van der Waals surface area contributed by atoms with Crippen LogP contribution < -0.4 is 0 Å². The third-order valence-electron chi connectivity index (χ3n) is 5.01. The maximum Gasteiger partial charge on any atom is 0.332 e. The molecule has 78 valence electrons. The average molecular weight is 206 g/mol. The van der Waals surface area contributed by atoms with Crippen molar-refractivity contribution < 1.29 is 19.8 Å². The van der Waals surface area contributed by atoms with Gasteiger partial charge in [0.1, 0.15) is 0 Å². The molecule has 0 saturated heterocycles. The molecule has 4 nitrogen and oxygen atoms in total. The molecule has 0 aromatic rings. The molecule has 4 heteroatoms. The van der Waals surface area contributed by atoms with Crippen LogP contribution in [0.4, 0.5) is 0 Å². The Hall–Kier alpha value is -1.32. The van der Waals surface area contributed by atoms with E-state index >= 15 is 0 Å². The fourth-order valence-corrected chi connectivity index (χ4v) is 4.84. The van der Waals surface area contributed by atoms with Crippen molar-refractivity contribution in [2.24, 2.45) is 35.5 Å². The van der Waals surface area contributed by atoms with Gasteiger partial charge in [0.05, 0.1) is 11.1 Å². The highest BCUT2D eigenvalue weighted by atomic mass is 16.4. The van der Waals surface area contributed by atoms with Crippen molar-refractivity contribution >= 4 is 11.9 Å². The average Bonchev–Trinajstić information content (AvgIpc) is 2.55. The van der Waals surface area contributed by atoms with Crippen LogP contribution in [0, 0.1) is 35.5 Å². The third kappa shape index (κ3) is 0.610. The quantitative estimate of drug-likeness (QED) is 0.693. The highest BCUT2D eigenvalue weighted by molar-refractivity contribution is 6.02. The Morgan fingerprint density at radius 3 is 1.73 bits per heavy atom. The molecule has 0 heterocycles. The summed E-state index contributed by atoms with van der Waals surface area (Å²) in [4.78, 5) is 22.2. The van der Waals surface area contributed by atoms with Gasteiger partial charge in [0.15, 0.2) is 0 Å². The molecule has 15 heavy (non-hydrogen) atoms. The molecular formula is C11H10O4. The fourth-order valence-electron chi connectivity index (χ4n) is 4.84. The van der Waals surface area contributed by atoms with E-state index in [0.29, 0.717) is 23.7 Å². The van der Waals surface area contributed by atoms with Crippen molar-refractivity contribution in [1.29, 1.82) is 0 Å². The van der Waals surface area contributed by atoms with Gasteiger partial charge in [0, 0.05) is 0 Å². The largest absolute Gasteiger partial charge is 0.478 e. The second kappa shape index (κ2) is 1.96. The zero-order valence-electron chi connectivity index (χ0n) is 7.88. The summed E-state index contributed by atoms with van der Waals surface area (Å²) in [6.45, 7) is 0. The number of hydrogen-bond acceptors (Lipinski definition) is 2. The van der Waals surface area contributed by atoms with E-state index in [0.717, 1.165) is 6.42 Å². The van der Waals surface area contributed by atoms with Gasteiger partial charge in [0.25, 0.3) is 0 Å². The van der Waals surface area contributed by atoms with Crippen LogP contribution in [0.15, 0.2) is 11.1 Å². The summed E-state index contributed by atoms with van der Waals surface area (Å²) in [6, 6.07) is 0. The highest BCUT2D eigenvalue weighted by Gasteiger charge is 2.79. The smallest absolute Gasteiger partial charge is 0.332 e. The Kier molecular flexibility index (Phi) is 1.03. The third-order valence-corrected chi connectivity index (χ3v) is 5.01. The second-order valence-corrected chi connectivity index (χ2v) is 5.21. The molecule has 2 N–H and O–H groups in total. The first kappa shape index (κ1) is 7.91. The van der Waals surface area contributed by atoms with Crippen molar-refractivity contribution in [3.05, 3.63) is 11.1 Å². The van der Waals surface area contributed by atoms with Gasteiger partial charge in [-0.3, -0.25) is 0 Å². The first-order chi connectivity index (χ1) is 7.13. The normalized spacial score (nSPS) is 52.5. The SMILES string of the molecule is O=C(O)C1=C(C(=O)O)[C@H]2C3CC4[C@H]([C@@H]42)[C@@H]13. The molecule has 5 aliphatic carbocycles. The molecule has 4 saturated carbocycles. The summed E-state index contributed by atoms with van der Waals surface area (Å²) < 4.78 is 0. The molecule has 5 aliphatic rings.